The molecule has 0 saturated carbocycles. The Bertz CT molecular complexity index is 1050. The summed E-state index contributed by atoms with van der Waals surface area (Å²) < 4.78 is 34.3. The van der Waals surface area contributed by atoms with Crippen LogP contribution >= 0.6 is 7.82 Å². The number of hydrogen-bond donors (Lipinski definition) is 0. The number of ether oxygens (including phenoxy) is 2. The van der Waals surface area contributed by atoms with Crippen LogP contribution in [0.5, 0.6) is 0 Å². The van der Waals surface area contributed by atoms with Gasteiger partial charge < -0.3 is 27.9 Å². The van der Waals surface area contributed by atoms with Gasteiger partial charge in [-0.25, -0.2) is 0 Å². The van der Waals surface area contributed by atoms with Gasteiger partial charge in [-0.05, 0) is 57.4 Å². The van der Waals surface area contributed by atoms with Gasteiger partial charge in [0.05, 0.1) is 34.0 Å². The number of carbonyl (C=O) groups is 1. The van der Waals surface area contributed by atoms with Crippen LogP contribution in [0.3, 0.4) is 0 Å². The van der Waals surface area contributed by atoms with Gasteiger partial charge in [0.25, 0.3) is 7.82 Å². The fraction of sp³-hybridized carbons (Fsp3) is 0.812. The van der Waals surface area contributed by atoms with E-state index in [-0.39, 0.29) is 26.2 Å². The molecule has 0 fully saturated rings. The van der Waals surface area contributed by atoms with Crippen LogP contribution in [0, 0.1) is 0 Å². The molecule has 2 atom stereocenters. The van der Waals surface area contributed by atoms with E-state index in [2.05, 4.69) is 50.3 Å². The third kappa shape index (κ3) is 45.2. The molecule has 0 radical (unpaired) electrons. The van der Waals surface area contributed by atoms with Gasteiger partial charge >= 0.3 is 5.97 Å². The van der Waals surface area contributed by atoms with Crippen molar-refractivity contribution in [2.75, 3.05) is 47.5 Å². The largest absolute Gasteiger partial charge is 0.756 e. The molecule has 0 aromatic rings. The average Bonchev–Trinajstić information content (AvgIpc) is 3.16. The van der Waals surface area contributed by atoms with Gasteiger partial charge in [0.1, 0.15) is 19.8 Å². The highest BCUT2D eigenvalue weighted by atomic mass is 31.2. The van der Waals surface area contributed by atoms with Crippen molar-refractivity contribution in [3.63, 3.8) is 0 Å². The third-order valence-corrected chi connectivity index (χ3v) is 10.9. The van der Waals surface area contributed by atoms with E-state index in [1.165, 1.54) is 141 Å². The second-order valence-electron chi connectivity index (χ2n) is 16.8. The fourth-order valence-electron chi connectivity index (χ4n) is 6.29. The molecule has 0 aromatic heterocycles. The molecule has 334 valence electrons. The summed E-state index contributed by atoms with van der Waals surface area (Å²) in [4.78, 5) is 25.0. The molecule has 0 bridgehead atoms. The molecule has 0 aliphatic rings. The number of carbonyl (C=O) groups excluding carboxylic acids is 1. The average molecular weight is 824 g/mol. The van der Waals surface area contributed by atoms with Crippen LogP contribution in [0.15, 0.2) is 48.8 Å². The van der Waals surface area contributed by atoms with Crippen molar-refractivity contribution in [3.8, 4) is 0 Å². The number of phosphoric acid groups is 1. The van der Waals surface area contributed by atoms with Crippen LogP contribution in [-0.2, 0) is 27.9 Å². The molecule has 8 nitrogen and oxygen atoms in total. The number of quaternary nitrogens is 1. The highest BCUT2D eigenvalue weighted by Gasteiger charge is 2.20. The number of unbranched alkanes of at least 4 members (excludes halogenated alkanes) is 23. The van der Waals surface area contributed by atoms with E-state index < -0.39 is 19.9 Å². The topological polar surface area (TPSA) is 94.1 Å². The first-order valence-corrected chi connectivity index (χ1v) is 24.9. The van der Waals surface area contributed by atoms with Gasteiger partial charge in [-0.2, -0.15) is 0 Å². The van der Waals surface area contributed by atoms with Gasteiger partial charge in [-0.3, -0.25) is 9.36 Å². The zero-order valence-corrected chi connectivity index (χ0v) is 38.7. The molecule has 9 heteroatoms. The standard InChI is InChI=1S/C48H90NO7P/c1-6-8-10-12-14-16-18-20-22-24-26-28-30-32-34-36-38-40-43-53-45-47(46-55-57(51,52)54-44-42-49(3,4)5)56-48(50)41-39-37-35-33-31-29-27-25-23-21-19-17-15-13-11-9-7-2/h21,23,27,29,33,35,40,43,47H,6-20,22,24-26,28,30-32,34,36-39,41-42,44-46H2,1-5H3/b23-21+,29-27+,35-33+,43-40+/t47-/m1/s1. The van der Waals surface area contributed by atoms with Crippen LogP contribution in [0.25, 0.3) is 0 Å². The lowest BCUT2D eigenvalue weighted by Gasteiger charge is -2.28. The summed E-state index contributed by atoms with van der Waals surface area (Å²) in [7, 11) is 1.29. The maximum absolute atomic E-state index is 12.7. The first-order valence-electron chi connectivity index (χ1n) is 23.4. The summed E-state index contributed by atoms with van der Waals surface area (Å²) in [6.07, 6.45) is 50.9. The quantitative estimate of drug-likeness (QED) is 0.0151. The Labute approximate surface area is 352 Å². The molecule has 57 heavy (non-hydrogen) atoms. The molecule has 0 saturated heterocycles. The lowest BCUT2D eigenvalue weighted by molar-refractivity contribution is -0.870. The zero-order chi connectivity index (χ0) is 42.0. The van der Waals surface area contributed by atoms with Crippen molar-refractivity contribution in [1.82, 2.24) is 0 Å². The van der Waals surface area contributed by atoms with Gasteiger partial charge in [-0.1, -0.05) is 179 Å². The predicted octanol–water partition coefficient (Wildman–Crippen LogP) is 13.7. The number of rotatable bonds is 43. The SMILES string of the molecule is CCCCCCCC/C=C/C/C=C/C/C=C/CCCC(=O)O[C@H](CO/C=C/CCCCCCCCCCCCCCCCCC)COP(=O)([O-])OCC[N+](C)(C)C. The number of likely N-dealkylation sites (N-methyl/N-ethyl adjacent to an activating group) is 1. The summed E-state index contributed by atoms with van der Waals surface area (Å²) in [5.74, 6) is -0.405. The van der Waals surface area contributed by atoms with Crippen molar-refractivity contribution in [1.29, 1.82) is 0 Å². The van der Waals surface area contributed by atoms with Crippen LogP contribution < -0.4 is 4.89 Å². The smallest absolute Gasteiger partial charge is 0.306 e. The highest BCUT2D eigenvalue weighted by molar-refractivity contribution is 7.45. The first kappa shape index (κ1) is 55.3. The minimum Gasteiger partial charge on any atom is -0.756 e. The Balaban J connectivity index is 4.33. The Kier molecular flexibility index (Phi) is 39.8. The van der Waals surface area contributed by atoms with E-state index in [1.807, 2.05) is 27.2 Å². The van der Waals surface area contributed by atoms with E-state index >= 15 is 0 Å². The van der Waals surface area contributed by atoms with Gasteiger partial charge in [0, 0.05) is 6.42 Å². The lowest BCUT2D eigenvalue weighted by atomic mass is 10.0. The van der Waals surface area contributed by atoms with E-state index in [0.29, 0.717) is 17.4 Å². The normalized spacial score (nSPS) is 14.1. The minimum atomic E-state index is -4.56. The number of nitrogens with zero attached hydrogens (tertiary/aromatic N) is 1. The van der Waals surface area contributed by atoms with E-state index in [9.17, 15) is 14.3 Å². The van der Waals surface area contributed by atoms with Crippen molar-refractivity contribution in [2.24, 2.45) is 0 Å². The molecule has 1 unspecified atom stereocenters. The molecule has 0 heterocycles. The van der Waals surface area contributed by atoms with Crippen molar-refractivity contribution >= 4 is 13.8 Å². The molecule has 0 rings (SSSR count). The Morgan fingerprint density at radius 1 is 0.561 bits per heavy atom. The van der Waals surface area contributed by atoms with Gasteiger partial charge in [-0.15, -0.1) is 0 Å². The van der Waals surface area contributed by atoms with E-state index in [1.54, 1.807) is 6.26 Å². The van der Waals surface area contributed by atoms with Crippen molar-refractivity contribution in [3.05, 3.63) is 48.8 Å². The van der Waals surface area contributed by atoms with Gasteiger partial charge in [0.2, 0.25) is 0 Å². The van der Waals surface area contributed by atoms with E-state index in [4.69, 9.17) is 18.5 Å². The molecule has 0 aliphatic carbocycles. The van der Waals surface area contributed by atoms with Gasteiger partial charge in [0.15, 0.2) is 6.10 Å². The molecule has 0 aromatic carbocycles. The van der Waals surface area contributed by atoms with Crippen LogP contribution in [-0.4, -0.2) is 64.1 Å². The summed E-state index contributed by atoms with van der Waals surface area (Å²) in [5.41, 5.74) is 0. The molecule has 0 N–H and O–H groups in total. The zero-order valence-electron chi connectivity index (χ0n) is 37.8. The molecule has 0 amide bonds. The third-order valence-electron chi connectivity index (χ3n) is 9.95. The fourth-order valence-corrected chi connectivity index (χ4v) is 7.02. The Hall–Kier alpha value is -1.70. The van der Waals surface area contributed by atoms with Crippen molar-refractivity contribution in [2.45, 2.75) is 206 Å². The molecular formula is C48H90NO7P. The molecular weight excluding hydrogens is 734 g/mol. The Morgan fingerprint density at radius 2 is 0.982 bits per heavy atom. The molecule has 0 aliphatic heterocycles. The Morgan fingerprint density at radius 3 is 1.46 bits per heavy atom. The monoisotopic (exact) mass is 824 g/mol. The summed E-state index contributed by atoms with van der Waals surface area (Å²) in [5, 5.41) is 0. The number of allylic oxidation sites excluding steroid dienone is 7. The van der Waals surface area contributed by atoms with Crippen LogP contribution in [0.4, 0.5) is 0 Å². The second kappa shape index (κ2) is 41.1. The summed E-state index contributed by atoms with van der Waals surface area (Å²) in [6.45, 7) is 4.68. The van der Waals surface area contributed by atoms with E-state index in [0.717, 1.165) is 32.1 Å². The maximum atomic E-state index is 12.7. The summed E-state index contributed by atoms with van der Waals surface area (Å²) in [6, 6.07) is 0. The van der Waals surface area contributed by atoms with Crippen molar-refractivity contribution < 1.29 is 37.3 Å². The number of hydrogen-bond acceptors (Lipinski definition) is 7. The number of esters is 1. The van der Waals surface area contributed by atoms with Crippen LogP contribution in [0.2, 0.25) is 0 Å². The summed E-state index contributed by atoms with van der Waals surface area (Å²) >= 11 is 0. The predicted molar refractivity (Wildman–Crippen MR) is 240 cm³/mol. The molecule has 0 spiro atoms. The lowest BCUT2D eigenvalue weighted by Crippen LogP contribution is -2.37. The first-order chi connectivity index (χ1) is 27.6. The number of phosphoric ester groups is 1. The highest BCUT2D eigenvalue weighted by Crippen LogP contribution is 2.38. The second-order valence-corrected chi connectivity index (χ2v) is 18.2. The van der Waals surface area contributed by atoms with Crippen LogP contribution in [0.1, 0.15) is 200 Å². The minimum absolute atomic E-state index is 0.000548. The maximum Gasteiger partial charge on any atom is 0.306 e.